The van der Waals surface area contributed by atoms with Crippen LogP contribution in [0, 0.1) is 0 Å². The number of ether oxygens (including phenoxy) is 1. The van der Waals surface area contributed by atoms with E-state index in [1.54, 1.807) is 7.11 Å². The number of carbonyl (C=O) groups is 1. The molecule has 3 nitrogen and oxygen atoms in total. The number of nitrogens with one attached hydrogen (secondary N) is 1. The Morgan fingerprint density at radius 3 is 2.55 bits per heavy atom. The van der Waals surface area contributed by atoms with E-state index in [-0.39, 0.29) is 11.3 Å². The Balaban J connectivity index is 1.66. The van der Waals surface area contributed by atoms with Crippen molar-refractivity contribution in [3.63, 3.8) is 0 Å². The second-order valence-corrected chi connectivity index (χ2v) is 6.54. The molecule has 0 unspecified atom stereocenters. The number of carbonyl (C=O) groups excluding carboxylic acids is 1. The molecule has 0 spiro atoms. The molecule has 2 aromatic rings. The molecule has 0 atom stereocenters. The van der Waals surface area contributed by atoms with E-state index in [0.717, 1.165) is 34.2 Å². The van der Waals surface area contributed by atoms with Gasteiger partial charge in [0.05, 0.1) is 12.5 Å². The molecule has 114 valence electrons. The lowest BCUT2D eigenvalue weighted by molar-refractivity contribution is -0.123. The van der Waals surface area contributed by atoms with E-state index in [1.165, 1.54) is 0 Å². The van der Waals surface area contributed by atoms with Gasteiger partial charge in [-0.3, -0.25) is 4.79 Å². The molecule has 0 aliphatic heterocycles. The van der Waals surface area contributed by atoms with Gasteiger partial charge in [0, 0.05) is 11.0 Å². The van der Waals surface area contributed by atoms with E-state index in [9.17, 15) is 4.79 Å². The molecule has 22 heavy (non-hydrogen) atoms. The van der Waals surface area contributed by atoms with E-state index in [4.69, 9.17) is 4.74 Å². The van der Waals surface area contributed by atoms with Crippen molar-refractivity contribution < 1.29 is 9.53 Å². The van der Waals surface area contributed by atoms with Gasteiger partial charge in [0.25, 0.3) is 0 Å². The minimum atomic E-state index is -0.337. The number of halogens is 1. The van der Waals surface area contributed by atoms with Gasteiger partial charge in [-0.2, -0.15) is 0 Å². The first-order valence-electron chi connectivity index (χ1n) is 7.31. The minimum Gasteiger partial charge on any atom is -0.497 e. The topological polar surface area (TPSA) is 38.3 Å². The van der Waals surface area contributed by atoms with Crippen molar-refractivity contribution in [3.8, 4) is 5.75 Å². The summed E-state index contributed by atoms with van der Waals surface area (Å²) in [5.41, 5.74) is 1.82. The Labute approximate surface area is 138 Å². The summed E-state index contributed by atoms with van der Waals surface area (Å²) in [6.45, 7) is 0.540. The first-order chi connectivity index (χ1) is 10.6. The summed E-state index contributed by atoms with van der Waals surface area (Å²) >= 11 is 3.48. The summed E-state index contributed by atoms with van der Waals surface area (Å²) in [5, 5.41) is 3.06. The summed E-state index contributed by atoms with van der Waals surface area (Å²) in [7, 11) is 1.64. The van der Waals surface area contributed by atoms with Gasteiger partial charge >= 0.3 is 0 Å². The molecule has 1 saturated carbocycles. The Morgan fingerprint density at radius 1 is 1.23 bits per heavy atom. The smallest absolute Gasteiger partial charge is 0.230 e. The maximum Gasteiger partial charge on any atom is 0.230 e. The highest BCUT2D eigenvalue weighted by Crippen LogP contribution is 2.48. The van der Waals surface area contributed by atoms with Crippen LogP contribution in [0.15, 0.2) is 53.0 Å². The van der Waals surface area contributed by atoms with Crippen molar-refractivity contribution in [2.75, 3.05) is 7.11 Å². The van der Waals surface area contributed by atoms with Crippen molar-refractivity contribution in [3.05, 3.63) is 64.1 Å². The zero-order chi connectivity index (χ0) is 15.6. The van der Waals surface area contributed by atoms with Gasteiger partial charge in [-0.05, 0) is 48.2 Å². The number of benzene rings is 2. The van der Waals surface area contributed by atoms with Crippen LogP contribution in [0.3, 0.4) is 0 Å². The summed E-state index contributed by atoms with van der Waals surface area (Å²) in [6, 6.07) is 15.8. The van der Waals surface area contributed by atoms with Crippen LogP contribution in [0.1, 0.15) is 24.0 Å². The SMILES string of the molecule is COc1ccc(CNC(=O)C2(c3cccc(Br)c3)CC2)cc1. The van der Waals surface area contributed by atoms with Gasteiger partial charge in [0.15, 0.2) is 0 Å². The molecule has 0 radical (unpaired) electrons. The van der Waals surface area contributed by atoms with Crippen LogP contribution in [0.25, 0.3) is 0 Å². The van der Waals surface area contributed by atoms with Crippen molar-refractivity contribution in [2.24, 2.45) is 0 Å². The quantitative estimate of drug-likeness (QED) is 0.881. The molecule has 0 aromatic heterocycles. The fraction of sp³-hybridized carbons (Fsp3) is 0.278. The van der Waals surface area contributed by atoms with Crippen molar-refractivity contribution in [1.82, 2.24) is 5.32 Å². The minimum absolute atomic E-state index is 0.112. The zero-order valence-electron chi connectivity index (χ0n) is 12.4. The molecule has 0 saturated heterocycles. The second-order valence-electron chi connectivity index (χ2n) is 5.62. The van der Waals surface area contributed by atoms with Gasteiger partial charge in [0.1, 0.15) is 5.75 Å². The molecule has 1 aliphatic rings. The summed E-state index contributed by atoms with van der Waals surface area (Å²) in [6.07, 6.45) is 1.83. The van der Waals surface area contributed by atoms with Crippen molar-refractivity contribution in [1.29, 1.82) is 0 Å². The third-order valence-corrected chi connectivity index (χ3v) is 4.67. The first kappa shape index (κ1) is 15.1. The molecule has 1 N–H and O–H groups in total. The number of amides is 1. The molecule has 0 heterocycles. The van der Waals surface area contributed by atoms with Crippen molar-refractivity contribution in [2.45, 2.75) is 24.8 Å². The van der Waals surface area contributed by atoms with Gasteiger partial charge < -0.3 is 10.1 Å². The molecule has 1 amide bonds. The lowest BCUT2D eigenvalue weighted by Crippen LogP contribution is -2.34. The Morgan fingerprint density at radius 2 is 1.95 bits per heavy atom. The molecular weight excluding hydrogens is 342 g/mol. The maximum absolute atomic E-state index is 12.6. The maximum atomic E-state index is 12.6. The molecule has 4 heteroatoms. The Hall–Kier alpha value is -1.81. The van der Waals surface area contributed by atoms with E-state index in [0.29, 0.717) is 6.54 Å². The van der Waals surface area contributed by atoms with E-state index >= 15 is 0 Å². The monoisotopic (exact) mass is 359 g/mol. The average molecular weight is 360 g/mol. The highest BCUT2D eigenvalue weighted by atomic mass is 79.9. The molecule has 1 aliphatic carbocycles. The lowest BCUT2D eigenvalue weighted by Gasteiger charge is -2.16. The van der Waals surface area contributed by atoms with Gasteiger partial charge in [0.2, 0.25) is 5.91 Å². The van der Waals surface area contributed by atoms with E-state index < -0.39 is 0 Å². The molecule has 3 rings (SSSR count). The summed E-state index contributed by atoms with van der Waals surface area (Å²) in [4.78, 5) is 12.6. The third kappa shape index (κ3) is 3.02. The second kappa shape index (κ2) is 6.13. The van der Waals surface area contributed by atoms with Crippen LogP contribution in [0.5, 0.6) is 5.75 Å². The lowest BCUT2D eigenvalue weighted by atomic mass is 9.95. The zero-order valence-corrected chi connectivity index (χ0v) is 14.0. The standard InChI is InChI=1S/C18H18BrNO2/c1-22-16-7-5-13(6-8-16)12-20-17(21)18(9-10-18)14-3-2-4-15(19)11-14/h2-8,11H,9-10,12H2,1H3,(H,20,21). The van der Waals surface area contributed by atoms with E-state index in [2.05, 4.69) is 21.2 Å². The number of hydrogen-bond acceptors (Lipinski definition) is 2. The van der Waals surface area contributed by atoms with Gasteiger partial charge in [-0.15, -0.1) is 0 Å². The first-order valence-corrected chi connectivity index (χ1v) is 8.11. The Kier molecular flexibility index (Phi) is 4.21. The van der Waals surface area contributed by atoms with Crippen LogP contribution >= 0.6 is 15.9 Å². The summed E-state index contributed by atoms with van der Waals surface area (Å²) < 4.78 is 6.15. The Bertz CT molecular complexity index is 678. The number of hydrogen-bond donors (Lipinski definition) is 1. The van der Waals surface area contributed by atoms with E-state index in [1.807, 2.05) is 48.5 Å². The van der Waals surface area contributed by atoms with Crippen LogP contribution in [0.2, 0.25) is 0 Å². The molecule has 2 aromatic carbocycles. The van der Waals surface area contributed by atoms with Crippen LogP contribution in [-0.4, -0.2) is 13.0 Å². The van der Waals surface area contributed by atoms with Crippen LogP contribution in [0.4, 0.5) is 0 Å². The molecule has 1 fully saturated rings. The fourth-order valence-corrected chi connectivity index (χ4v) is 3.05. The highest BCUT2D eigenvalue weighted by Gasteiger charge is 2.51. The molecular formula is C18H18BrNO2. The number of rotatable bonds is 5. The largest absolute Gasteiger partial charge is 0.497 e. The van der Waals surface area contributed by atoms with Gasteiger partial charge in [-0.1, -0.05) is 40.2 Å². The highest BCUT2D eigenvalue weighted by molar-refractivity contribution is 9.10. The van der Waals surface area contributed by atoms with Crippen LogP contribution < -0.4 is 10.1 Å². The summed E-state index contributed by atoms with van der Waals surface area (Å²) in [5.74, 6) is 0.935. The third-order valence-electron chi connectivity index (χ3n) is 4.17. The predicted molar refractivity (Wildman–Crippen MR) is 89.9 cm³/mol. The average Bonchev–Trinajstić information content (AvgIpc) is 3.35. The fourth-order valence-electron chi connectivity index (χ4n) is 2.65. The van der Waals surface area contributed by atoms with Crippen LogP contribution in [-0.2, 0) is 16.8 Å². The van der Waals surface area contributed by atoms with Crippen molar-refractivity contribution >= 4 is 21.8 Å². The normalized spacial score (nSPS) is 15.2. The molecule has 0 bridgehead atoms. The predicted octanol–water partition coefficient (Wildman–Crippen LogP) is 3.81. The number of methoxy groups -OCH3 is 1. The van der Waals surface area contributed by atoms with Gasteiger partial charge in [-0.25, -0.2) is 0 Å².